The first-order valence-electron chi connectivity index (χ1n) is 8.06. The summed E-state index contributed by atoms with van der Waals surface area (Å²) >= 11 is 12.2. The first-order valence-corrected chi connectivity index (χ1v) is 10.7. The number of carbonyl (C=O) groups is 1. The highest BCUT2D eigenvalue weighted by Crippen LogP contribution is 2.33. The van der Waals surface area contributed by atoms with E-state index in [1.165, 1.54) is 19.2 Å². The van der Waals surface area contributed by atoms with Crippen LogP contribution >= 0.6 is 23.2 Å². The number of carbonyl (C=O) groups excluding carboxylic acids is 1. The van der Waals surface area contributed by atoms with E-state index in [0.717, 1.165) is 10.6 Å². The largest absolute Gasteiger partial charge is 0.497 e. The predicted octanol–water partition coefficient (Wildman–Crippen LogP) is 4.19. The maximum Gasteiger partial charge on any atom is 0.248 e. The molecule has 2 rings (SSSR count). The summed E-state index contributed by atoms with van der Waals surface area (Å²) in [5, 5.41) is 3.21. The van der Waals surface area contributed by atoms with Gasteiger partial charge in [-0.3, -0.25) is 9.10 Å². The van der Waals surface area contributed by atoms with Gasteiger partial charge >= 0.3 is 0 Å². The molecule has 27 heavy (non-hydrogen) atoms. The van der Waals surface area contributed by atoms with E-state index in [9.17, 15) is 13.2 Å². The molecule has 0 saturated heterocycles. The van der Waals surface area contributed by atoms with Gasteiger partial charge in [-0.2, -0.15) is 0 Å². The van der Waals surface area contributed by atoms with Gasteiger partial charge < -0.3 is 10.1 Å². The van der Waals surface area contributed by atoms with E-state index in [1.807, 2.05) is 0 Å². The Labute approximate surface area is 169 Å². The summed E-state index contributed by atoms with van der Waals surface area (Å²) in [6, 6.07) is 10.2. The minimum atomic E-state index is -3.81. The van der Waals surface area contributed by atoms with E-state index >= 15 is 0 Å². The van der Waals surface area contributed by atoms with Crippen LogP contribution in [0.25, 0.3) is 0 Å². The van der Waals surface area contributed by atoms with Gasteiger partial charge in [0.15, 0.2) is 0 Å². The van der Waals surface area contributed by atoms with Gasteiger partial charge in [-0.1, -0.05) is 36.2 Å². The highest BCUT2D eigenvalue weighted by molar-refractivity contribution is 7.92. The van der Waals surface area contributed by atoms with Crippen molar-refractivity contribution in [2.45, 2.75) is 19.4 Å². The van der Waals surface area contributed by atoms with E-state index in [0.29, 0.717) is 16.5 Å². The molecule has 1 N–H and O–H groups in total. The van der Waals surface area contributed by atoms with E-state index in [1.54, 1.807) is 37.3 Å². The van der Waals surface area contributed by atoms with Gasteiger partial charge in [0.1, 0.15) is 11.8 Å². The van der Waals surface area contributed by atoms with Crippen LogP contribution in [0.3, 0.4) is 0 Å². The molecule has 0 fully saturated rings. The number of hydrogen-bond acceptors (Lipinski definition) is 4. The Morgan fingerprint density at radius 2 is 1.93 bits per heavy atom. The van der Waals surface area contributed by atoms with Gasteiger partial charge in [-0.25, -0.2) is 8.42 Å². The monoisotopic (exact) mass is 430 g/mol. The van der Waals surface area contributed by atoms with E-state index in [4.69, 9.17) is 27.9 Å². The lowest BCUT2D eigenvalue weighted by Gasteiger charge is -2.30. The van der Waals surface area contributed by atoms with Crippen LogP contribution in [0.15, 0.2) is 42.5 Å². The van der Waals surface area contributed by atoms with Crippen LogP contribution in [-0.4, -0.2) is 33.7 Å². The Balaban J connectivity index is 2.43. The van der Waals surface area contributed by atoms with Crippen molar-refractivity contribution in [3.63, 3.8) is 0 Å². The lowest BCUT2D eigenvalue weighted by Crippen LogP contribution is -2.47. The molecule has 9 heteroatoms. The molecule has 146 valence electrons. The van der Waals surface area contributed by atoms with Crippen molar-refractivity contribution in [3.8, 4) is 5.75 Å². The number of nitrogens with zero attached hydrogens (tertiary/aromatic N) is 1. The Morgan fingerprint density at radius 1 is 1.22 bits per heavy atom. The summed E-state index contributed by atoms with van der Waals surface area (Å²) in [6.07, 6.45) is 1.25. The fraction of sp³-hybridized carbons (Fsp3) is 0.278. The van der Waals surface area contributed by atoms with Crippen molar-refractivity contribution < 1.29 is 17.9 Å². The summed E-state index contributed by atoms with van der Waals surface area (Å²) in [5.41, 5.74) is 0.641. The van der Waals surface area contributed by atoms with E-state index < -0.39 is 22.0 Å². The molecular formula is C18H20Cl2N2O4S. The normalized spacial score (nSPS) is 12.3. The van der Waals surface area contributed by atoms with Gasteiger partial charge in [0, 0.05) is 16.8 Å². The first-order chi connectivity index (χ1) is 12.7. The highest BCUT2D eigenvalue weighted by atomic mass is 35.5. The number of benzene rings is 2. The number of anilines is 2. The Kier molecular flexibility index (Phi) is 6.97. The molecule has 2 aromatic rings. The average Bonchev–Trinajstić information content (AvgIpc) is 2.61. The Hall–Kier alpha value is -1.96. The molecule has 1 unspecified atom stereocenters. The zero-order valence-electron chi connectivity index (χ0n) is 15.1. The summed E-state index contributed by atoms with van der Waals surface area (Å²) in [7, 11) is -2.30. The third-order valence-electron chi connectivity index (χ3n) is 3.81. The number of ether oxygens (including phenoxy) is 1. The van der Waals surface area contributed by atoms with Gasteiger partial charge in [0.25, 0.3) is 0 Å². The first kappa shape index (κ1) is 21.3. The van der Waals surface area contributed by atoms with Crippen LogP contribution < -0.4 is 14.4 Å². The number of sulfonamides is 1. The second-order valence-corrected chi connectivity index (χ2v) is 8.50. The van der Waals surface area contributed by atoms with Crippen molar-refractivity contribution in [1.29, 1.82) is 0 Å². The number of nitrogens with one attached hydrogen (secondary N) is 1. The summed E-state index contributed by atoms with van der Waals surface area (Å²) < 4.78 is 31.1. The minimum Gasteiger partial charge on any atom is -0.497 e. The fourth-order valence-electron chi connectivity index (χ4n) is 2.62. The molecule has 0 aliphatic rings. The third kappa shape index (κ3) is 5.28. The molecule has 0 aliphatic heterocycles. The predicted molar refractivity (Wildman–Crippen MR) is 109 cm³/mol. The van der Waals surface area contributed by atoms with Gasteiger partial charge in [0.2, 0.25) is 15.9 Å². The second kappa shape index (κ2) is 8.82. The van der Waals surface area contributed by atoms with E-state index in [2.05, 4.69) is 5.32 Å². The average molecular weight is 431 g/mol. The number of halogens is 2. The quantitative estimate of drug-likeness (QED) is 0.714. The maximum absolute atomic E-state index is 12.9. The fourth-order valence-corrected chi connectivity index (χ4v) is 4.26. The molecule has 0 aromatic heterocycles. The smallest absolute Gasteiger partial charge is 0.248 e. The molecule has 0 spiro atoms. The van der Waals surface area contributed by atoms with Crippen molar-refractivity contribution in [3.05, 3.63) is 52.5 Å². The lowest BCUT2D eigenvalue weighted by atomic mass is 10.1. The molecule has 1 atom stereocenters. The standard InChI is InChI=1S/C18H20Cl2N2O4S/c1-4-16(18(23)21-13-6-5-7-14(11-13)26-2)22(27(3,24)25)17-10-12(19)8-9-15(17)20/h5-11,16H,4H2,1-3H3,(H,21,23). The van der Waals surface area contributed by atoms with Crippen LogP contribution in [0.2, 0.25) is 10.0 Å². The lowest BCUT2D eigenvalue weighted by molar-refractivity contribution is -0.117. The number of methoxy groups -OCH3 is 1. The Bertz CT molecular complexity index is 935. The number of rotatable bonds is 7. The number of amides is 1. The van der Waals surface area contributed by atoms with Crippen LogP contribution in [0.5, 0.6) is 5.75 Å². The van der Waals surface area contributed by atoms with Crippen LogP contribution in [0.1, 0.15) is 13.3 Å². The van der Waals surface area contributed by atoms with Crippen molar-refractivity contribution >= 4 is 50.5 Å². The summed E-state index contributed by atoms with van der Waals surface area (Å²) in [6.45, 7) is 1.71. The summed E-state index contributed by atoms with van der Waals surface area (Å²) in [4.78, 5) is 12.9. The highest BCUT2D eigenvalue weighted by Gasteiger charge is 2.33. The molecule has 0 saturated carbocycles. The zero-order valence-corrected chi connectivity index (χ0v) is 17.4. The Morgan fingerprint density at radius 3 is 2.52 bits per heavy atom. The number of hydrogen-bond donors (Lipinski definition) is 1. The van der Waals surface area contributed by atoms with Crippen LogP contribution in [0.4, 0.5) is 11.4 Å². The topological polar surface area (TPSA) is 75.7 Å². The van der Waals surface area contributed by atoms with E-state index in [-0.39, 0.29) is 17.1 Å². The van der Waals surface area contributed by atoms with Crippen molar-refractivity contribution in [2.24, 2.45) is 0 Å². The SMILES string of the molecule is CCC(C(=O)Nc1cccc(OC)c1)N(c1cc(Cl)ccc1Cl)S(C)(=O)=O. The van der Waals surface area contributed by atoms with Gasteiger partial charge in [-0.05, 0) is 36.8 Å². The van der Waals surface area contributed by atoms with Crippen molar-refractivity contribution in [1.82, 2.24) is 0 Å². The van der Waals surface area contributed by atoms with Gasteiger partial charge in [0.05, 0.1) is 24.1 Å². The van der Waals surface area contributed by atoms with Gasteiger partial charge in [-0.15, -0.1) is 0 Å². The molecule has 0 radical (unpaired) electrons. The molecule has 0 aliphatic carbocycles. The minimum absolute atomic E-state index is 0.152. The molecule has 1 amide bonds. The molecule has 0 heterocycles. The summed E-state index contributed by atoms with van der Waals surface area (Å²) in [5.74, 6) is 0.0749. The zero-order chi connectivity index (χ0) is 20.2. The van der Waals surface area contributed by atoms with Crippen molar-refractivity contribution in [2.75, 3.05) is 23.0 Å². The van der Waals surface area contributed by atoms with Crippen LogP contribution in [0, 0.1) is 0 Å². The molecule has 2 aromatic carbocycles. The third-order valence-corrected chi connectivity index (χ3v) is 5.53. The molecule has 6 nitrogen and oxygen atoms in total. The maximum atomic E-state index is 12.9. The molecular weight excluding hydrogens is 411 g/mol. The second-order valence-electron chi connectivity index (χ2n) is 5.80. The molecule has 0 bridgehead atoms. The van der Waals surface area contributed by atoms with Crippen LogP contribution in [-0.2, 0) is 14.8 Å².